The number of H-pyrrole nitrogens is 1. The second kappa shape index (κ2) is 4.93. The van der Waals surface area contributed by atoms with E-state index < -0.39 is 4.92 Å². The van der Waals surface area contributed by atoms with Gasteiger partial charge >= 0.3 is 0 Å². The number of aromatic amines is 1. The average molecular weight is 230 g/mol. The van der Waals surface area contributed by atoms with Gasteiger partial charge in [0.15, 0.2) is 0 Å². The van der Waals surface area contributed by atoms with Gasteiger partial charge in [0.2, 0.25) is 0 Å². The van der Waals surface area contributed by atoms with Crippen LogP contribution in [0, 0.1) is 10.1 Å². The Morgan fingerprint density at radius 1 is 1.29 bits per heavy atom. The third-order valence-electron chi connectivity index (χ3n) is 2.11. The molecule has 86 valence electrons. The third kappa shape index (κ3) is 2.69. The number of hydrogen-bond donors (Lipinski definition) is 2. The van der Waals surface area contributed by atoms with Crippen LogP contribution in [-0.4, -0.2) is 16.1 Å². The van der Waals surface area contributed by atoms with Gasteiger partial charge in [0.25, 0.3) is 5.69 Å². The predicted octanol–water partition coefficient (Wildman–Crippen LogP) is 2.37. The number of benzene rings is 1. The van der Waals surface area contributed by atoms with Crippen molar-refractivity contribution in [2.24, 2.45) is 5.10 Å². The summed E-state index contributed by atoms with van der Waals surface area (Å²) in [7, 11) is 0. The highest BCUT2D eigenvalue weighted by Crippen LogP contribution is 2.22. The smallest absolute Gasteiger partial charge is 0.294 e. The standard InChI is InChI=1S/C11H10N4O2/c16-15(17)11-6-2-1-5-10(11)14-13-8-9-4-3-7-12-9/h1-8,12,14H. The van der Waals surface area contributed by atoms with Crippen LogP contribution in [0.15, 0.2) is 47.7 Å². The maximum Gasteiger partial charge on any atom is 0.294 e. The molecular weight excluding hydrogens is 220 g/mol. The molecule has 2 aromatic rings. The average Bonchev–Trinajstić information content (AvgIpc) is 2.82. The lowest BCUT2D eigenvalue weighted by Crippen LogP contribution is -1.96. The van der Waals surface area contributed by atoms with Crippen molar-refractivity contribution in [3.63, 3.8) is 0 Å². The monoisotopic (exact) mass is 230 g/mol. The number of hydrogen-bond acceptors (Lipinski definition) is 4. The summed E-state index contributed by atoms with van der Waals surface area (Å²) >= 11 is 0. The number of nitrogens with one attached hydrogen (secondary N) is 2. The molecule has 0 spiro atoms. The van der Waals surface area contributed by atoms with Crippen LogP contribution < -0.4 is 5.43 Å². The Morgan fingerprint density at radius 3 is 2.82 bits per heavy atom. The van der Waals surface area contributed by atoms with Crippen LogP contribution in [0.3, 0.4) is 0 Å². The quantitative estimate of drug-likeness (QED) is 0.480. The van der Waals surface area contributed by atoms with Crippen molar-refractivity contribution in [1.29, 1.82) is 0 Å². The molecule has 0 saturated carbocycles. The van der Waals surface area contributed by atoms with Gasteiger partial charge in [0.05, 0.1) is 16.8 Å². The zero-order chi connectivity index (χ0) is 12.1. The highest BCUT2D eigenvalue weighted by molar-refractivity contribution is 5.78. The van der Waals surface area contributed by atoms with Crippen LogP contribution in [0.5, 0.6) is 0 Å². The first-order valence-corrected chi connectivity index (χ1v) is 4.93. The third-order valence-corrected chi connectivity index (χ3v) is 2.11. The number of anilines is 1. The Labute approximate surface area is 97.1 Å². The fourth-order valence-electron chi connectivity index (χ4n) is 1.32. The van der Waals surface area contributed by atoms with Crippen LogP contribution in [0.2, 0.25) is 0 Å². The minimum Gasteiger partial charge on any atom is -0.360 e. The first-order chi connectivity index (χ1) is 8.27. The van der Waals surface area contributed by atoms with Gasteiger partial charge in [0.1, 0.15) is 5.69 Å². The molecule has 17 heavy (non-hydrogen) atoms. The molecule has 0 aliphatic carbocycles. The molecule has 0 aliphatic heterocycles. The van der Waals surface area contributed by atoms with E-state index in [1.807, 2.05) is 12.1 Å². The molecule has 2 N–H and O–H groups in total. The molecule has 0 radical (unpaired) electrons. The number of hydrazone groups is 1. The van der Waals surface area contributed by atoms with E-state index in [2.05, 4.69) is 15.5 Å². The van der Waals surface area contributed by atoms with Crippen LogP contribution in [0.1, 0.15) is 5.69 Å². The summed E-state index contributed by atoms with van der Waals surface area (Å²) in [6.07, 6.45) is 3.32. The Morgan fingerprint density at radius 2 is 2.12 bits per heavy atom. The normalized spacial score (nSPS) is 10.6. The van der Waals surface area contributed by atoms with Crippen LogP contribution in [0.4, 0.5) is 11.4 Å². The van der Waals surface area contributed by atoms with Crippen molar-refractivity contribution in [2.75, 3.05) is 5.43 Å². The topological polar surface area (TPSA) is 83.3 Å². The summed E-state index contributed by atoms with van der Waals surface area (Å²) in [4.78, 5) is 13.2. The van der Waals surface area contributed by atoms with Gasteiger partial charge in [0, 0.05) is 12.3 Å². The molecule has 1 aromatic heterocycles. The van der Waals surface area contributed by atoms with Crippen molar-refractivity contribution >= 4 is 17.6 Å². The molecule has 1 aromatic carbocycles. The molecule has 6 heteroatoms. The zero-order valence-corrected chi connectivity index (χ0v) is 8.83. The maximum absolute atomic E-state index is 10.7. The SMILES string of the molecule is O=[N+]([O-])c1ccccc1NN=Cc1ccc[nH]1. The van der Waals surface area contributed by atoms with Gasteiger partial charge in [-0.3, -0.25) is 15.5 Å². The number of nitrogens with zero attached hydrogens (tertiary/aromatic N) is 2. The summed E-state index contributed by atoms with van der Waals surface area (Å²) in [6.45, 7) is 0. The predicted molar refractivity (Wildman–Crippen MR) is 65.1 cm³/mol. The van der Waals surface area contributed by atoms with Crippen LogP contribution in [-0.2, 0) is 0 Å². The fraction of sp³-hybridized carbons (Fsp3) is 0. The summed E-state index contributed by atoms with van der Waals surface area (Å²) in [6, 6.07) is 10.0. The van der Waals surface area contributed by atoms with Crippen molar-refractivity contribution in [1.82, 2.24) is 4.98 Å². The molecule has 6 nitrogen and oxygen atoms in total. The first-order valence-electron chi connectivity index (χ1n) is 4.93. The van der Waals surface area contributed by atoms with Crippen molar-refractivity contribution in [2.45, 2.75) is 0 Å². The van der Waals surface area contributed by atoms with E-state index in [-0.39, 0.29) is 5.69 Å². The maximum atomic E-state index is 10.7. The van der Waals surface area contributed by atoms with Gasteiger partial charge in [-0.1, -0.05) is 12.1 Å². The van der Waals surface area contributed by atoms with E-state index in [4.69, 9.17) is 0 Å². The number of para-hydroxylation sites is 2. The number of nitro groups is 1. The van der Waals surface area contributed by atoms with Crippen LogP contribution >= 0.6 is 0 Å². The van der Waals surface area contributed by atoms with Crippen molar-refractivity contribution < 1.29 is 4.92 Å². The highest BCUT2D eigenvalue weighted by Gasteiger charge is 2.10. The van der Waals surface area contributed by atoms with E-state index in [9.17, 15) is 10.1 Å². The van der Waals surface area contributed by atoms with Crippen molar-refractivity contribution in [3.8, 4) is 0 Å². The van der Waals surface area contributed by atoms with Gasteiger partial charge in [-0.15, -0.1) is 0 Å². The lowest BCUT2D eigenvalue weighted by molar-refractivity contribution is -0.384. The Kier molecular flexibility index (Phi) is 3.15. The van der Waals surface area contributed by atoms with Gasteiger partial charge in [-0.2, -0.15) is 5.10 Å². The lowest BCUT2D eigenvalue weighted by atomic mass is 10.3. The number of rotatable bonds is 4. The molecule has 2 rings (SSSR count). The summed E-state index contributed by atoms with van der Waals surface area (Å²) in [5, 5.41) is 14.6. The molecule has 0 unspecified atom stereocenters. The van der Waals surface area contributed by atoms with E-state index in [1.165, 1.54) is 6.07 Å². The van der Waals surface area contributed by atoms with Crippen LogP contribution in [0.25, 0.3) is 0 Å². The summed E-state index contributed by atoms with van der Waals surface area (Å²) in [5.41, 5.74) is 3.81. The largest absolute Gasteiger partial charge is 0.360 e. The van der Waals surface area contributed by atoms with E-state index >= 15 is 0 Å². The Bertz CT molecular complexity index is 534. The summed E-state index contributed by atoms with van der Waals surface area (Å²) in [5.74, 6) is 0. The molecule has 0 atom stereocenters. The molecular formula is C11H10N4O2. The second-order valence-electron chi connectivity index (χ2n) is 3.27. The minimum atomic E-state index is -0.452. The number of nitro benzene ring substituents is 1. The molecule has 0 aliphatic rings. The van der Waals surface area contributed by atoms with Gasteiger partial charge in [-0.05, 0) is 18.2 Å². The highest BCUT2D eigenvalue weighted by atomic mass is 16.6. The molecule has 0 saturated heterocycles. The Balaban J connectivity index is 2.11. The zero-order valence-electron chi connectivity index (χ0n) is 8.83. The Hall–Kier alpha value is -2.63. The van der Waals surface area contributed by atoms with Gasteiger partial charge < -0.3 is 4.98 Å². The molecule has 0 fully saturated rings. The fourth-order valence-corrected chi connectivity index (χ4v) is 1.32. The first kappa shape index (κ1) is 10.9. The molecule has 1 heterocycles. The van der Waals surface area contributed by atoms with E-state index in [0.29, 0.717) is 5.69 Å². The summed E-state index contributed by atoms with van der Waals surface area (Å²) < 4.78 is 0. The lowest BCUT2D eigenvalue weighted by Gasteiger charge is -2.00. The number of aromatic nitrogens is 1. The van der Waals surface area contributed by atoms with E-state index in [1.54, 1.807) is 30.6 Å². The van der Waals surface area contributed by atoms with Gasteiger partial charge in [-0.25, -0.2) is 0 Å². The molecule has 0 bridgehead atoms. The van der Waals surface area contributed by atoms with Crippen molar-refractivity contribution in [3.05, 3.63) is 58.4 Å². The second-order valence-corrected chi connectivity index (χ2v) is 3.27. The van der Waals surface area contributed by atoms with E-state index in [0.717, 1.165) is 5.69 Å². The minimum absolute atomic E-state index is 0.00358. The molecule has 0 amide bonds.